The number of aliphatic hydroxyl groups is 1. The summed E-state index contributed by atoms with van der Waals surface area (Å²) in [5, 5.41) is 11.0. The van der Waals surface area contributed by atoms with Crippen LogP contribution in [0.1, 0.15) is 38.2 Å². The van der Waals surface area contributed by atoms with E-state index in [1.807, 2.05) is 11.8 Å². The Bertz CT molecular complexity index is 428. The molecule has 1 aromatic rings. The topological polar surface area (TPSA) is 20.2 Å². The van der Waals surface area contributed by atoms with Crippen molar-refractivity contribution in [3.8, 4) is 0 Å². The fourth-order valence-corrected chi connectivity index (χ4v) is 4.96. The lowest BCUT2D eigenvalue weighted by Gasteiger charge is -2.41. The van der Waals surface area contributed by atoms with E-state index < -0.39 is 5.60 Å². The molecule has 1 saturated carbocycles. The minimum absolute atomic E-state index is 0.279. The number of thioether (sulfide) groups is 1. The molecule has 1 N–H and O–H groups in total. The van der Waals surface area contributed by atoms with Gasteiger partial charge in [0.2, 0.25) is 0 Å². The van der Waals surface area contributed by atoms with Crippen molar-refractivity contribution >= 4 is 11.8 Å². The number of hydrogen-bond acceptors (Lipinski definition) is 2. The summed E-state index contributed by atoms with van der Waals surface area (Å²) in [5.74, 6) is 3.17. The number of benzene rings is 1. The molecule has 3 rings (SSSR count). The first-order valence-corrected chi connectivity index (χ1v) is 8.01. The first-order chi connectivity index (χ1) is 8.50. The van der Waals surface area contributed by atoms with Gasteiger partial charge in [0.1, 0.15) is 0 Å². The minimum atomic E-state index is -0.438. The van der Waals surface area contributed by atoms with Crippen molar-refractivity contribution in [2.75, 3.05) is 11.5 Å². The average Bonchev–Trinajstić information content (AvgIpc) is 3.09. The second kappa shape index (κ2) is 4.28. The highest BCUT2D eigenvalue weighted by atomic mass is 32.2. The molecule has 0 amide bonds. The van der Waals surface area contributed by atoms with Crippen LogP contribution >= 0.6 is 11.8 Å². The first kappa shape index (κ1) is 12.6. The Morgan fingerprint density at radius 1 is 1.17 bits per heavy atom. The van der Waals surface area contributed by atoms with Crippen molar-refractivity contribution in [2.45, 2.75) is 38.2 Å². The first-order valence-electron chi connectivity index (χ1n) is 6.85. The molecule has 2 heteroatoms. The van der Waals surface area contributed by atoms with Gasteiger partial charge in [-0.2, -0.15) is 11.8 Å². The number of hydrogen-bond donors (Lipinski definition) is 1. The van der Waals surface area contributed by atoms with Crippen LogP contribution in [0.3, 0.4) is 0 Å². The summed E-state index contributed by atoms with van der Waals surface area (Å²) >= 11 is 1.92. The molecule has 1 aromatic carbocycles. The molecule has 3 unspecified atom stereocenters. The monoisotopic (exact) mass is 262 g/mol. The Balaban J connectivity index is 1.74. The minimum Gasteiger partial charge on any atom is -0.389 e. The molecule has 1 aliphatic carbocycles. The van der Waals surface area contributed by atoms with Gasteiger partial charge in [0, 0.05) is 5.75 Å². The molecule has 1 heterocycles. The van der Waals surface area contributed by atoms with E-state index in [1.54, 1.807) is 0 Å². The third kappa shape index (κ3) is 2.33. The maximum absolute atomic E-state index is 11.0. The molecule has 0 radical (unpaired) electrons. The predicted octanol–water partition coefficient (Wildman–Crippen LogP) is 3.68. The van der Waals surface area contributed by atoms with Gasteiger partial charge in [-0.1, -0.05) is 44.2 Å². The van der Waals surface area contributed by atoms with Gasteiger partial charge in [-0.25, -0.2) is 0 Å². The summed E-state index contributed by atoms with van der Waals surface area (Å²) in [6, 6.07) is 10.7. The van der Waals surface area contributed by atoms with Crippen molar-refractivity contribution in [3.63, 3.8) is 0 Å². The van der Waals surface area contributed by atoms with Crippen LogP contribution in [-0.4, -0.2) is 22.2 Å². The van der Waals surface area contributed by atoms with E-state index in [1.165, 1.54) is 11.3 Å². The van der Waals surface area contributed by atoms with Crippen LogP contribution in [0.2, 0.25) is 0 Å². The molecule has 98 valence electrons. The Morgan fingerprint density at radius 3 is 2.56 bits per heavy atom. The summed E-state index contributed by atoms with van der Waals surface area (Å²) in [4.78, 5) is 0. The normalized spacial score (nSPS) is 38.4. The zero-order chi connectivity index (χ0) is 12.8. The van der Waals surface area contributed by atoms with E-state index in [9.17, 15) is 5.11 Å². The van der Waals surface area contributed by atoms with Gasteiger partial charge in [0.25, 0.3) is 0 Å². The zero-order valence-corrected chi connectivity index (χ0v) is 12.0. The highest BCUT2D eigenvalue weighted by Crippen LogP contribution is 2.58. The van der Waals surface area contributed by atoms with Gasteiger partial charge >= 0.3 is 0 Å². The van der Waals surface area contributed by atoms with Gasteiger partial charge in [0.15, 0.2) is 0 Å². The molecule has 0 aromatic heterocycles. The van der Waals surface area contributed by atoms with E-state index >= 15 is 0 Å². The molecular weight excluding hydrogens is 240 g/mol. The molecule has 0 spiro atoms. The number of rotatable bonds is 2. The van der Waals surface area contributed by atoms with Crippen molar-refractivity contribution in [1.82, 2.24) is 0 Å². The van der Waals surface area contributed by atoms with Crippen molar-refractivity contribution < 1.29 is 5.11 Å². The molecular formula is C16H22OS. The van der Waals surface area contributed by atoms with Crippen LogP contribution < -0.4 is 0 Å². The molecule has 1 saturated heterocycles. The molecule has 2 fully saturated rings. The Morgan fingerprint density at radius 2 is 1.89 bits per heavy atom. The summed E-state index contributed by atoms with van der Waals surface area (Å²) in [5.41, 5.74) is 1.25. The van der Waals surface area contributed by atoms with Gasteiger partial charge in [0.05, 0.1) is 5.60 Å². The van der Waals surface area contributed by atoms with Crippen LogP contribution in [0.25, 0.3) is 0 Å². The smallest absolute Gasteiger partial charge is 0.0777 e. The van der Waals surface area contributed by atoms with E-state index in [2.05, 4.69) is 44.2 Å². The molecule has 1 aliphatic heterocycles. The maximum atomic E-state index is 11.0. The zero-order valence-electron chi connectivity index (χ0n) is 11.2. The molecule has 1 nitrogen and oxygen atoms in total. The second-order valence-corrected chi connectivity index (χ2v) is 7.78. The Kier molecular flexibility index (Phi) is 2.98. The van der Waals surface area contributed by atoms with Crippen LogP contribution in [0.4, 0.5) is 0 Å². The lowest BCUT2D eigenvalue weighted by atomic mass is 9.78. The Labute approximate surface area is 114 Å². The van der Waals surface area contributed by atoms with Crippen LogP contribution in [-0.2, 0) is 0 Å². The van der Waals surface area contributed by atoms with E-state index in [-0.39, 0.29) is 5.41 Å². The standard InChI is InChI=1S/C16H22OS/c1-15(2)9-16(17,11-18-10-15)14-8-13(14)12-6-4-3-5-7-12/h3-7,13-14,17H,8-11H2,1-2H3. The van der Waals surface area contributed by atoms with Crippen LogP contribution in [0.5, 0.6) is 0 Å². The van der Waals surface area contributed by atoms with Gasteiger partial charge in [-0.3, -0.25) is 0 Å². The van der Waals surface area contributed by atoms with Crippen molar-refractivity contribution in [1.29, 1.82) is 0 Å². The summed E-state index contributed by atoms with van der Waals surface area (Å²) in [6.45, 7) is 4.56. The third-order valence-electron chi connectivity index (χ3n) is 4.34. The van der Waals surface area contributed by atoms with E-state index in [0.29, 0.717) is 11.8 Å². The molecule has 0 bridgehead atoms. The molecule has 3 atom stereocenters. The van der Waals surface area contributed by atoms with Crippen molar-refractivity contribution in [2.24, 2.45) is 11.3 Å². The molecule has 2 aliphatic rings. The van der Waals surface area contributed by atoms with Gasteiger partial charge in [-0.05, 0) is 41.4 Å². The fourth-order valence-electron chi connectivity index (χ4n) is 3.53. The SMILES string of the molecule is CC1(C)CSCC(O)(C2CC2c2ccccc2)C1. The maximum Gasteiger partial charge on any atom is 0.0777 e. The summed E-state index contributed by atoms with van der Waals surface area (Å²) < 4.78 is 0. The fraction of sp³-hybridized carbons (Fsp3) is 0.625. The Hall–Kier alpha value is -0.470. The average molecular weight is 262 g/mol. The lowest BCUT2D eigenvalue weighted by Crippen LogP contribution is -2.44. The highest BCUT2D eigenvalue weighted by molar-refractivity contribution is 7.99. The van der Waals surface area contributed by atoms with Gasteiger partial charge in [-0.15, -0.1) is 0 Å². The highest BCUT2D eigenvalue weighted by Gasteiger charge is 2.55. The molecule has 18 heavy (non-hydrogen) atoms. The summed E-state index contributed by atoms with van der Waals surface area (Å²) in [7, 11) is 0. The van der Waals surface area contributed by atoms with E-state index in [4.69, 9.17) is 0 Å². The van der Waals surface area contributed by atoms with Crippen molar-refractivity contribution in [3.05, 3.63) is 35.9 Å². The third-order valence-corrected chi connectivity index (χ3v) is 6.03. The van der Waals surface area contributed by atoms with E-state index in [0.717, 1.165) is 18.6 Å². The second-order valence-electron chi connectivity index (χ2n) is 6.80. The van der Waals surface area contributed by atoms with Crippen LogP contribution in [0.15, 0.2) is 30.3 Å². The van der Waals surface area contributed by atoms with Crippen LogP contribution in [0, 0.1) is 11.3 Å². The summed E-state index contributed by atoms with van der Waals surface area (Å²) in [6.07, 6.45) is 2.12. The quantitative estimate of drug-likeness (QED) is 0.877. The predicted molar refractivity (Wildman–Crippen MR) is 78.0 cm³/mol. The lowest BCUT2D eigenvalue weighted by molar-refractivity contribution is -0.00238. The largest absolute Gasteiger partial charge is 0.389 e. The van der Waals surface area contributed by atoms with Gasteiger partial charge < -0.3 is 5.11 Å².